The summed E-state index contributed by atoms with van der Waals surface area (Å²) < 4.78 is 5.75. The molecule has 0 amide bonds. The molecule has 2 heterocycles. The molecule has 2 saturated heterocycles. The molecule has 0 aromatic heterocycles. The van der Waals surface area contributed by atoms with Crippen molar-refractivity contribution in [2.24, 2.45) is 17.8 Å². The van der Waals surface area contributed by atoms with E-state index in [-0.39, 0.29) is 12.0 Å². The number of hydrogen-bond donors (Lipinski definition) is 1. The van der Waals surface area contributed by atoms with Gasteiger partial charge >= 0.3 is 0 Å². The van der Waals surface area contributed by atoms with Crippen molar-refractivity contribution in [3.63, 3.8) is 0 Å². The van der Waals surface area contributed by atoms with E-state index in [1.807, 2.05) is 0 Å². The van der Waals surface area contributed by atoms with Crippen LogP contribution >= 0.6 is 0 Å². The minimum atomic E-state index is 0.141. The molecule has 0 aliphatic carbocycles. The van der Waals surface area contributed by atoms with Crippen LogP contribution in [0.3, 0.4) is 0 Å². The van der Waals surface area contributed by atoms with E-state index in [0.29, 0.717) is 17.9 Å². The van der Waals surface area contributed by atoms with Crippen LogP contribution in [0.2, 0.25) is 0 Å². The van der Waals surface area contributed by atoms with E-state index < -0.39 is 0 Å². The molecule has 4 atom stereocenters. The zero-order chi connectivity index (χ0) is 10.1. The number of nitriles is 1. The maximum absolute atomic E-state index is 8.84. The second-order valence-electron chi connectivity index (χ2n) is 4.78. The molecule has 3 nitrogen and oxygen atoms in total. The lowest BCUT2D eigenvalue weighted by molar-refractivity contribution is 0.0684. The quantitative estimate of drug-likeness (QED) is 0.681. The second kappa shape index (κ2) is 3.88. The third-order valence-electron chi connectivity index (χ3n) is 3.52. The zero-order valence-corrected chi connectivity index (χ0v) is 8.86. The van der Waals surface area contributed by atoms with E-state index in [0.717, 1.165) is 19.6 Å². The maximum atomic E-state index is 8.84. The molecule has 78 valence electrons. The molecule has 0 spiro atoms. The summed E-state index contributed by atoms with van der Waals surface area (Å²) in [6.07, 6.45) is 1.19. The molecule has 2 rings (SSSR count). The first-order valence-corrected chi connectivity index (χ1v) is 5.47. The van der Waals surface area contributed by atoms with Crippen molar-refractivity contribution in [2.75, 3.05) is 13.2 Å². The van der Waals surface area contributed by atoms with Crippen LogP contribution < -0.4 is 5.32 Å². The predicted molar refractivity (Wildman–Crippen MR) is 53.6 cm³/mol. The highest BCUT2D eigenvalue weighted by Crippen LogP contribution is 2.32. The summed E-state index contributed by atoms with van der Waals surface area (Å²) in [7, 11) is 0. The van der Waals surface area contributed by atoms with Crippen LogP contribution in [0.25, 0.3) is 0 Å². The summed E-state index contributed by atoms with van der Waals surface area (Å²) in [4.78, 5) is 0. The normalized spacial score (nSPS) is 42.1. The molecule has 1 N–H and O–H groups in total. The summed E-state index contributed by atoms with van der Waals surface area (Å²) in [5.41, 5.74) is 0. The number of ether oxygens (including phenoxy) is 1. The van der Waals surface area contributed by atoms with Crippen molar-refractivity contribution < 1.29 is 4.74 Å². The third-order valence-corrected chi connectivity index (χ3v) is 3.52. The van der Waals surface area contributed by atoms with Crippen LogP contribution in [0.5, 0.6) is 0 Å². The summed E-state index contributed by atoms with van der Waals surface area (Å²) in [6.45, 7) is 6.19. The van der Waals surface area contributed by atoms with Crippen LogP contribution in [0.4, 0.5) is 0 Å². The highest BCUT2D eigenvalue weighted by Gasteiger charge is 2.42. The first-order valence-electron chi connectivity index (χ1n) is 5.47. The topological polar surface area (TPSA) is 45.0 Å². The van der Waals surface area contributed by atoms with Gasteiger partial charge in [0.2, 0.25) is 0 Å². The molecule has 0 saturated carbocycles. The van der Waals surface area contributed by atoms with Gasteiger partial charge in [-0.2, -0.15) is 5.26 Å². The van der Waals surface area contributed by atoms with Gasteiger partial charge in [0.1, 0.15) is 0 Å². The second-order valence-corrected chi connectivity index (χ2v) is 4.78. The molecule has 2 fully saturated rings. The molecule has 0 aromatic carbocycles. The van der Waals surface area contributed by atoms with Gasteiger partial charge in [-0.05, 0) is 12.3 Å². The Morgan fingerprint density at radius 1 is 1.50 bits per heavy atom. The van der Waals surface area contributed by atoms with Gasteiger partial charge < -0.3 is 10.1 Å². The van der Waals surface area contributed by atoms with E-state index in [9.17, 15) is 0 Å². The minimum absolute atomic E-state index is 0.141. The Hall–Kier alpha value is -0.590. The molecule has 0 bridgehead atoms. The van der Waals surface area contributed by atoms with Crippen molar-refractivity contribution in [3.05, 3.63) is 0 Å². The number of nitrogens with one attached hydrogen (secondary N) is 1. The largest absolute Gasteiger partial charge is 0.376 e. The number of piperidine rings is 1. The van der Waals surface area contributed by atoms with Gasteiger partial charge in [-0.1, -0.05) is 13.8 Å². The molecule has 2 aliphatic heterocycles. The van der Waals surface area contributed by atoms with Crippen LogP contribution in [-0.2, 0) is 4.74 Å². The Balaban J connectivity index is 2.00. The van der Waals surface area contributed by atoms with Gasteiger partial charge in [-0.25, -0.2) is 0 Å². The van der Waals surface area contributed by atoms with E-state index in [1.54, 1.807) is 0 Å². The van der Waals surface area contributed by atoms with Crippen molar-refractivity contribution in [1.29, 1.82) is 5.26 Å². The highest BCUT2D eigenvalue weighted by atomic mass is 16.5. The number of rotatable bonds is 1. The Labute approximate surface area is 85.4 Å². The van der Waals surface area contributed by atoms with Gasteiger partial charge in [0.15, 0.2) is 0 Å². The summed E-state index contributed by atoms with van der Waals surface area (Å²) >= 11 is 0. The smallest absolute Gasteiger partial charge is 0.0744 e. The summed E-state index contributed by atoms with van der Waals surface area (Å²) in [6, 6.07) is 2.80. The predicted octanol–water partition coefficient (Wildman–Crippen LogP) is 1.16. The van der Waals surface area contributed by atoms with Gasteiger partial charge in [0, 0.05) is 18.5 Å². The summed E-state index contributed by atoms with van der Waals surface area (Å²) in [5, 5.41) is 12.3. The average molecular weight is 194 g/mol. The van der Waals surface area contributed by atoms with E-state index in [1.165, 1.54) is 0 Å². The van der Waals surface area contributed by atoms with E-state index in [4.69, 9.17) is 10.00 Å². The summed E-state index contributed by atoms with van der Waals surface area (Å²) in [5.74, 6) is 1.43. The zero-order valence-electron chi connectivity index (χ0n) is 8.86. The van der Waals surface area contributed by atoms with Gasteiger partial charge in [-0.15, -0.1) is 0 Å². The SMILES string of the molecule is CC(C)C1COC2CC(C#N)CNC21. The fourth-order valence-corrected chi connectivity index (χ4v) is 2.56. The lowest BCUT2D eigenvalue weighted by Gasteiger charge is -2.32. The Morgan fingerprint density at radius 3 is 2.93 bits per heavy atom. The third kappa shape index (κ3) is 1.65. The van der Waals surface area contributed by atoms with Gasteiger partial charge in [0.05, 0.1) is 24.7 Å². The maximum Gasteiger partial charge on any atom is 0.0744 e. The van der Waals surface area contributed by atoms with Crippen LogP contribution in [0, 0.1) is 29.1 Å². The molecule has 4 unspecified atom stereocenters. The first-order chi connectivity index (χ1) is 6.72. The minimum Gasteiger partial charge on any atom is -0.376 e. The molecule has 2 aliphatic rings. The highest BCUT2D eigenvalue weighted by molar-refractivity contribution is 5.00. The molecule has 0 aromatic rings. The average Bonchev–Trinajstić information content (AvgIpc) is 2.59. The van der Waals surface area contributed by atoms with Gasteiger partial charge in [-0.3, -0.25) is 0 Å². The van der Waals surface area contributed by atoms with Crippen LogP contribution in [0.15, 0.2) is 0 Å². The number of nitrogens with zero attached hydrogens (tertiary/aromatic N) is 1. The Morgan fingerprint density at radius 2 is 2.29 bits per heavy atom. The van der Waals surface area contributed by atoms with Crippen molar-refractivity contribution in [3.8, 4) is 6.07 Å². The number of fused-ring (bicyclic) bond motifs is 1. The van der Waals surface area contributed by atoms with Crippen LogP contribution in [-0.4, -0.2) is 25.3 Å². The van der Waals surface area contributed by atoms with Crippen molar-refractivity contribution in [2.45, 2.75) is 32.4 Å². The van der Waals surface area contributed by atoms with Crippen LogP contribution in [0.1, 0.15) is 20.3 Å². The lowest BCUT2D eigenvalue weighted by Crippen LogP contribution is -2.49. The van der Waals surface area contributed by atoms with E-state index >= 15 is 0 Å². The molecular weight excluding hydrogens is 176 g/mol. The lowest BCUT2D eigenvalue weighted by atomic mass is 9.83. The fourth-order valence-electron chi connectivity index (χ4n) is 2.56. The Bertz CT molecular complexity index is 246. The molecule has 14 heavy (non-hydrogen) atoms. The van der Waals surface area contributed by atoms with Gasteiger partial charge in [0.25, 0.3) is 0 Å². The first kappa shape index (κ1) is 9.95. The monoisotopic (exact) mass is 194 g/mol. The fraction of sp³-hybridized carbons (Fsp3) is 0.909. The van der Waals surface area contributed by atoms with Crippen molar-refractivity contribution in [1.82, 2.24) is 5.32 Å². The standard InChI is InChI=1S/C11H18N2O/c1-7(2)9-6-14-10-3-8(4-12)5-13-11(9)10/h7-11,13H,3,5-6H2,1-2H3. The van der Waals surface area contributed by atoms with E-state index in [2.05, 4.69) is 25.2 Å². The number of hydrogen-bond acceptors (Lipinski definition) is 3. The van der Waals surface area contributed by atoms with Crippen molar-refractivity contribution >= 4 is 0 Å². The molecule has 0 radical (unpaired) electrons. The molecular formula is C11H18N2O. The Kier molecular flexibility index (Phi) is 2.76. The molecule has 3 heteroatoms.